The van der Waals surface area contributed by atoms with E-state index in [-0.39, 0.29) is 21.1 Å². The molecule has 0 spiro atoms. The maximum absolute atomic E-state index is 3.78. The third-order valence-corrected chi connectivity index (χ3v) is 3.40. The minimum absolute atomic E-state index is 0. The first-order valence-electron chi connectivity index (χ1n) is 11.1. The second-order valence-electron chi connectivity index (χ2n) is 6.15. The summed E-state index contributed by atoms with van der Waals surface area (Å²) in [7, 11) is 0. The normalized spacial score (nSPS) is 7.78. The Hall–Kier alpha value is -4.41. The third kappa shape index (κ3) is 27.7. The van der Waals surface area contributed by atoms with Crippen molar-refractivity contribution in [2.75, 3.05) is 0 Å². The molecule has 6 rings (SSSR count). The Kier molecular flexibility index (Phi) is 26.1. The summed E-state index contributed by atoms with van der Waals surface area (Å²) in [5.74, 6) is 0. The van der Waals surface area contributed by atoms with Crippen LogP contribution in [0, 0.1) is 0 Å². The van der Waals surface area contributed by atoms with Crippen molar-refractivity contribution in [1.82, 2.24) is 29.9 Å². The van der Waals surface area contributed by atoms with Crippen LogP contribution in [0.15, 0.2) is 184 Å². The fourth-order valence-electron chi connectivity index (χ4n) is 1.88. The SMILES string of the molecule is [Pt+2].c1ccncc1.c1ccncc1.c1ccncc1.c1ccncc1.c1ccncc1.c1ccncc1. The monoisotopic (exact) mass is 669 g/mol. The predicted molar refractivity (Wildman–Crippen MR) is 145 cm³/mol. The van der Waals surface area contributed by atoms with Gasteiger partial charge in [-0.1, -0.05) is 36.4 Å². The molecule has 188 valence electrons. The number of aromatic nitrogens is 6. The van der Waals surface area contributed by atoms with Crippen molar-refractivity contribution in [3.63, 3.8) is 0 Å². The quantitative estimate of drug-likeness (QED) is 0.184. The summed E-state index contributed by atoms with van der Waals surface area (Å²) in [5.41, 5.74) is 0. The van der Waals surface area contributed by atoms with Crippen LogP contribution < -0.4 is 0 Å². The molecule has 0 radical (unpaired) electrons. The van der Waals surface area contributed by atoms with E-state index in [4.69, 9.17) is 0 Å². The fraction of sp³-hybridized carbons (Fsp3) is 0. The zero-order valence-corrected chi connectivity index (χ0v) is 22.6. The average molecular weight is 670 g/mol. The van der Waals surface area contributed by atoms with E-state index in [9.17, 15) is 0 Å². The third-order valence-electron chi connectivity index (χ3n) is 3.40. The van der Waals surface area contributed by atoms with Crippen LogP contribution in [-0.4, -0.2) is 29.9 Å². The Morgan fingerprint density at radius 3 is 0.297 bits per heavy atom. The minimum Gasteiger partial charge on any atom is -0.265 e. The zero-order valence-electron chi connectivity index (χ0n) is 20.3. The van der Waals surface area contributed by atoms with Gasteiger partial charge in [-0.05, 0) is 72.8 Å². The molecular formula is C30H30N6Pt+2. The first-order chi connectivity index (χ1) is 18.0. The van der Waals surface area contributed by atoms with Crippen LogP contribution in [0.25, 0.3) is 0 Å². The second kappa shape index (κ2) is 29.6. The largest absolute Gasteiger partial charge is 2.00 e. The Bertz CT molecular complexity index is 706. The summed E-state index contributed by atoms with van der Waals surface area (Å²) in [5, 5.41) is 0. The maximum atomic E-state index is 3.78. The van der Waals surface area contributed by atoms with Crippen LogP contribution in [0.3, 0.4) is 0 Å². The van der Waals surface area contributed by atoms with Crippen LogP contribution >= 0.6 is 0 Å². The Labute approximate surface area is 233 Å². The second-order valence-corrected chi connectivity index (χ2v) is 6.15. The van der Waals surface area contributed by atoms with Gasteiger partial charge in [0.1, 0.15) is 0 Å². The van der Waals surface area contributed by atoms with Crippen molar-refractivity contribution in [3.8, 4) is 0 Å². The molecule has 0 aliphatic carbocycles. The summed E-state index contributed by atoms with van der Waals surface area (Å²) >= 11 is 0. The van der Waals surface area contributed by atoms with Gasteiger partial charge in [-0.3, -0.25) is 29.9 Å². The summed E-state index contributed by atoms with van der Waals surface area (Å²) in [4.78, 5) is 22.7. The van der Waals surface area contributed by atoms with Gasteiger partial charge in [0, 0.05) is 74.4 Å². The standard InChI is InChI=1S/6C5H5N.Pt/c6*1-2-4-6-5-3-1;/h6*1-5H;/q;;;;;;+2. The van der Waals surface area contributed by atoms with E-state index < -0.39 is 0 Å². The van der Waals surface area contributed by atoms with E-state index in [0.717, 1.165) is 0 Å². The van der Waals surface area contributed by atoms with Gasteiger partial charge in [0.2, 0.25) is 0 Å². The summed E-state index contributed by atoms with van der Waals surface area (Å²) in [6, 6.07) is 34.3. The van der Waals surface area contributed by atoms with Crippen molar-refractivity contribution in [2.45, 2.75) is 0 Å². The van der Waals surface area contributed by atoms with Crippen molar-refractivity contribution >= 4 is 0 Å². The number of hydrogen-bond donors (Lipinski definition) is 0. The van der Waals surface area contributed by atoms with E-state index in [1.54, 1.807) is 74.4 Å². The van der Waals surface area contributed by atoms with Crippen LogP contribution in [-0.2, 0) is 21.1 Å². The molecule has 0 N–H and O–H groups in total. The smallest absolute Gasteiger partial charge is 0.265 e. The maximum Gasteiger partial charge on any atom is 2.00 e. The molecule has 6 aromatic heterocycles. The molecule has 0 unspecified atom stereocenters. The molecule has 0 saturated heterocycles. The Morgan fingerprint density at radius 1 is 0.162 bits per heavy atom. The molecule has 0 atom stereocenters. The van der Waals surface area contributed by atoms with Crippen molar-refractivity contribution in [3.05, 3.63) is 184 Å². The number of rotatable bonds is 0. The topological polar surface area (TPSA) is 77.3 Å². The molecule has 6 nitrogen and oxygen atoms in total. The van der Waals surface area contributed by atoms with Gasteiger partial charge in [-0.15, -0.1) is 0 Å². The average Bonchev–Trinajstić information content (AvgIpc) is 3.04. The van der Waals surface area contributed by atoms with E-state index in [2.05, 4.69) is 29.9 Å². The molecule has 0 aliphatic rings. The molecule has 37 heavy (non-hydrogen) atoms. The van der Waals surface area contributed by atoms with Gasteiger partial charge >= 0.3 is 21.1 Å². The number of nitrogens with zero attached hydrogens (tertiary/aromatic N) is 6. The van der Waals surface area contributed by atoms with E-state index in [1.807, 2.05) is 109 Å². The van der Waals surface area contributed by atoms with E-state index >= 15 is 0 Å². The molecule has 0 saturated carbocycles. The Balaban J connectivity index is 0.000000418. The molecule has 0 aliphatic heterocycles. The molecule has 0 fully saturated rings. The van der Waals surface area contributed by atoms with Gasteiger partial charge in [-0.2, -0.15) is 0 Å². The van der Waals surface area contributed by atoms with Gasteiger partial charge in [0.25, 0.3) is 0 Å². The summed E-state index contributed by atoms with van der Waals surface area (Å²) in [6.07, 6.45) is 21.0. The molecule has 0 aromatic carbocycles. The molecule has 6 heterocycles. The number of hydrogen-bond acceptors (Lipinski definition) is 6. The predicted octanol–water partition coefficient (Wildman–Crippen LogP) is 6.49. The van der Waals surface area contributed by atoms with Crippen LogP contribution in [0.2, 0.25) is 0 Å². The molecule has 0 bridgehead atoms. The van der Waals surface area contributed by atoms with Gasteiger partial charge < -0.3 is 0 Å². The minimum atomic E-state index is 0. The fourth-order valence-corrected chi connectivity index (χ4v) is 1.88. The molecule has 6 aromatic rings. The van der Waals surface area contributed by atoms with Crippen LogP contribution in [0.1, 0.15) is 0 Å². The van der Waals surface area contributed by atoms with Crippen molar-refractivity contribution < 1.29 is 21.1 Å². The summed E-state index contributed by atoms with van der Waals surface area (Å²) < 4.78 is 0. The molecule has 0 amide bonds. The first kappa shape index (κ1) is 32.6. The van der Waals surface area contributed by atoms with Crippen LogP contribution in [0.5, 0.6) is 0 Å². The Morgan fingerprint density at radius 2 is 0.270 bits per heavy atom. The van der Waals surface area contributed by atoms with Gasteiger partial charge in [0.15, 0.2) is 0 Å². The van der Waals surface area contributed by atoms with Crippen LogP contribution in [0.4, 0.5) is 0 Å². The molecule has 7 heteroatoms. The number of pyridine rings is 6. The zero-order chi connectivity index (χ0) is 25.5. The van der Waals surface area contributed by atoms with Gasteiger partial charge in [-0.25, -0.2) is 0 Å². The van der Waals surface area contributed by atoms with Crippen molar-refractivity contribution in [2.24, 2.45) is 0 Å². The molecular weight excluding hydrogens is 639 g/mol. The first-order valence-corrected chi connectivity index (χ1v) is 11.1. The van der Waals surface area contributed by atoms with Crippen molar-refractivity contribution in [1.29, 1.82) is 0 Å². The van der Waals surface area contributed by atoms with E-state index in [0.29, 0.717) is 0 Å². The van der Waals surface area contributed by atoms with Gasteiger partial charge in [0.05, 0.1) is 0 Å². The summed E-state index contributed by atoms with van der Waals surface area (Å²) in [6.45, 7) is 0. The van der Waals surface area contributed by atoms with E-state index in [1.165, 1.54) is 0 Å².